The van der Waals surface area contributed by atoms with Gasteiger partial charge in [-0.3, -0.25) is 5.10 Å². The Morgan fingerprint density at radius 3 is 2.92 bits per heavy atom. The van der Waals surface area contributed by atoms with E-state index < -0.39 is 5.97 Å². The van der Waals surface area contributed by atoms with Gasteiger partial charge in [0.2, 0.25) is 5.16 Å². The number of nitrogens with one attached hydrogen (secondary N) is 1. The number of carboxylic acids is 1. The van der Waals surface area contributed by atoms with Gasteiger partial charge < -0.3 is 14.6 Å². The second-order valence-electron chi connectivity index (χ2n) is 4.61. The van der Waals surface area contributed by atoms with Gasteiger partial charge in [0.25, 0.3) is 0 Å². The lowest BCUT2D eigenvalue weighted by molar-refractivity contribution is -0.297. The summed E-state index contributed by atoms with van der Waals surface area (Å²) in [5.74, 6) is 0.0591. The molecule has 0 saturated carbocycles. The second kappa shape index (κ2) is 8.70. The lowest BCUT2D eigenvalue weighted by Crippen LogP contribution is -2.23. The summed E-state index contributed by atoms with van der Waals surface area (Å²) in [4.78, 5) is 15.6. The Balaban J connectivity index is 2.22. The lowest BCUT2D eigenvalue weighted by Gasteiger charge is -2.08. The standard InChI is InChI=1S/C16H16BrN3O3S/c1-3-7-23-12-6-5-10(8-11(12)17)9-13(15(21)22)24-16-18-14(4-2)19-20-16/h3,5-6,8-9H,1,4,7H2,2H3,(H,21,22)(H,18,19,20)/p-1/b13-9-. The maximum Gasteiger partial charge on any atom is 0.213 e. The zero-order chi connectivity index (χ0) is 17.5. The molecule has 1 aromatic heterocycles. The van der Waals surface area contributed by atoms with Crippen molar-refractivity contribution in [1.29, 1.82) is 0 Å². The highest BCUT2D eigenvalue weighted by Gasteiger charge is 2.09. The van der Waals surface area contributed by atoms with Gasteiger partial charge in [-0.25, -0.2) is 4.98 Å². The smallest absolute Gasteiger partial charge is 0.213 e. The van der Waals surface area contributed by atoms with E-state index in [-0.39, 0.29) is 4.91 Å². The predicted molar refractivity (Wildman–Crippen MR) is 94.4 cm³/mol. The number of aryl methyl sites for hydroxylation is 1. The van der Waals surface area contributed by atoms with E-state index in [2.05, 4.69) is 37.7 Å². The molecule has 0 unspecified atom stereocenters. The van der Waals surface area contributed by atoms with Gasteiger partial charge in [0, 0.05) is 11.3 Å². The molecule has 2 aromatic rings. The van der Waals surface area contributed by atoms with Crippen LogP contribution in [0, 0.1) is 0 Å². The molecule has 1 heterocycles. The number of aliphatic carboxylic acids is 1. The average Bonchev–Trinajstić information content (AvgIpc) is 3.01. The first-order valence-corrected chi connectivity index (χ1v) is 8.69. The van der Waals surface area contributed by atoms with E-state index in [0.717, 1.165) is 11.8 Å². The van der Waals surface area contributed by atoms with E-state index in [0.29, 0.717) is 39.8 Å². The third kappa shape index (κ3) is 4.97. The number of nitrogens with zero attached hydrogens (tertiary/aromatic N) is 2. The Kier molecular flexibility index (Phi) is 6.62. The number of carboxylic acid groups (broad SMARTS) is 1. The Morgan fingerprint density at radius 2 is 2.33 bits per heavy atom. The fourth-order valence-corrected chi connectivity index (χ4v) is 2.97. The largest absolute Gasteiger partial charge is 0.544 e. The minimum absolute atomic E-state index is 0.0170. The topological polar surface area (TPSA) is 90.9 Å². The van der Waals surface area contributed by atoms with Crippen LogP contribution >= 0.6 is 27.7 Å². The molecule has 126 valence electrons. The molecule has 0 saturated heterocycles. The maximum absolute atomic E-state index is 11.4. The van der Waals surface area contributed by atoms with Gasteiger partial charge in [-0.1, -0.05) is 25.6 Å². The van der Waals surface area contributed by atoms with Gasteiger partial charge in [-0.15, -0.1) is 5.10 Å². The third-order valence-electron chi connectivity index (χ3n) is 2.86. The average molecular weight is 409 g/mol. The molecule has 24 heavy (non-hydrogen) atoms. The monoisotopic (exact) mass is 408 g/mol. The number of aromatic nitrogens is 3. The summed E-state index contributed by atoms with van der Waals surface area (Å²) < 4.78 is 6.18. The van der Waals surface area contributed by atoms with Gasteiger partial charge in [-0.05, 0) is 51.5 Å². The van der Waals surface area contributed by atoms with E-state index in [1.54, 1.807) is 24.3 Å². The van der Waals surface area contributed by atoms with E-state index in [4.69, 9.17) is 4.74 Å². The number of thioether (sulfide) groups is 1. The Bertz CT molecular complexity index is 774. The minimum atomic E-state index is -1.29. The lowest BCUT2D eigenvalue weighted by atomic mass is 10.2. The van der Waals surface area contributed by atoms with Crippen LogP contribution in [0.3, 0.4) is 0 Å². The molecule has 0 aliphatic rings. The van der Waals surface area contributed by atoms with Crippen LogP contribution < -0.4 is 9.84 Å². The first-order valence-electron chi connectivity index (χ1n) is 7.09. The minimum Gasteiger partial charge on any atom is -0.544 e. The normalized spacial score (nSPS) is 11.3. The molecular weight excluding hydrogens is 394 g/mol. The molecule has 0 amide bonds. The molecule has 1 aromatic carbocycles. The number of ether oxygens (including phenoxy) is 1. The zero-order valence-electron chi connectivity index (χ0n) is 12.9. The second-order valence-corrected chi connectivity index (χ2v) is 6.47. The fraction of sp³-hybridized carbons (Fsp3) is 0.188. The number of aromatic amines is 1. The van der Waals surface area contributed by atoms with Gasteiger partial charge in [0.05, 0.1) is 10.4 Å². The Hall–Kier alpha value is -2.06. The van der Waals surface area contributed by atoms with Crippen molar-refractivity contribution in [2.24, 2.45) is 0 Å². The quantitative estimate of drug-likeness (QED) is 0.410. The van der Waals surface area contributed by atoms with Crippen molar-refractivity contribution >= 4 is 39.7 Å². The van der Waals surface area contributed by atoms with Crippen LogP contribution in [0.15, 0.2) is 45.4 Å². The van der Waals surface area contributed by atoms with Crippen molar-refractivity contribution < 1.29 is 14.6 Å². The highest BCUT2D eigenvalue weighted by Crippen LogP contribution is 2.29. The molecule has 0 atom stereocenters. The van der Waals surface area contributed by atoms with Gasteiger partial charge in [-0.2, -0.15) is 0 Å². The fourth-order valence-electron chi connectivity index (χ4n) is 1.73. The molecule has 2 rings (SSSR count). The number of rotatable bonds is 8. The summed E-state index contributed by atoms with van der Waals surface area (Å²) in [6.45, 7) is 5.91. The number of carbonyl (C=O) groups excluding carboxylic acids is 1. The number of hydrogen-bond acceptors (Lipinski definition) is 6. The van der Waals surface area contributed by atoms with Crippen molar-refractivity contribution in [3.63, 3.8) is 0 Å². The molecule has 0 fully saturated rings. The van der Waals surface area contributed by atoms with Crippen molar-refractivity contribution in [2.75, 3.05) is 6.61 Å². The summed E-state index contributed by atoms with van der Waals surface area (Å²) in [6.07, 6.45) is 3.84. The molecule has 0 aliphatic carbocycles. The SMILES string of the molecule is C=CCOc1ccc(/C=C(\Sc2n[nH]c(CC)n2)C(=O)[O-])cc1Br. The molecule has 0 aliphatic heterocycles. The molecule has 0 radical (unpaired) electrons. The third-order valence-corrected chi connectivity index (χ3v) is 4.35. The first-order chi connectivity index (χ1) is 11.5. The van der Waals surface area contributed by atoms with Gasteiger partial charge in [0.1, 0.15) is 18.2 Å². The van der Waals surface area contributed by atoms with Gasteiger partial charge in [0.15, 0.2) is 0 Å². The van der Waals surface area contributed by atoms with E-state index in [9.17, 15) is 9.90 Å². The van der Waals surface area contributed by atoms with Crippen LogP contribution in [0.4, 0.5) is 0 Å². The molecule has 0 bridgehead atoms. The maximum atomic E-state index is 11.4. The Morgan fingerprint density at radius 1 is 1.54 bits per heavy atom. The molecular formula is C16H15BrN3O3S-. The van der Waals surface area contributed by atoms with E-state index in [1.807, 2.05) is 6.92 Å². The van der Waals surface area contributed by atoms with Crippen LogP contribution in [0.25, 0.3) is 6.08 Å². The summed E-state index contributed by atoms with van der Waals surface area (Å²) in [5.41, 5.74) is 0.686. The van der Waals surface area contributed by atoms with E-state index in [1.165, 1.54) is 6.08 Å². The van der Waals surface area contributed by atoms with Crippen LogP contribution in [-0.2, 0) is 11.2 Å². The Labute approximate surface area is 152 Å². The van der Waals surface area contributed by atoms with Crippen LogP contribution in [-0.4, -0.2) is 27.8 Å². The van der Waals surface area contributed by atoms with Crippen LogP contribution in [0.1, 0.15) is 18.3 Å². The summed E-state index contributed by atoms with van der Waals surface area (Å²) in [7, 11) is 0. The molecule has 0 spiro atoms. The van der Waals surface area contributed by atoms with Gasteiger partial charge >= 0.3 is 0 Å². The van der Waals surface area contributed by atoms with Crippen molar-refractivity contribution in [3.8, 4) is 5.75 Å². The molecule has 1 N–H and O–H groups in total. The number of carbonyl (C=O) groups is 1. The molecule has 6 nitrogen and oxygen atoms in total. The number of H-pyrrole nitrogens is 1. The predicted octanol–water partition coefficient (Wildman–Crippen LogP) is 2.58. The number of benzene rings is 1. The van der Waals surface area contributed by atoms with Crippen molar-refractivity contribution in [2.45, 2.75) is 18.5 Å². The van der Waals surface area contributed by atoms with Crippen LogP contribution in [0.5, 0.6) is 5.75 Å². The number of halogens is 1. The summed E-state index contributed by atoms with van der Waals surface area (Å²) in [6, 6.07) is 5.26. The zero-order valence-corrected chi connectivity index (χ0v) is 15.3. The van der Waals surface area contributed by atoms with Crippen molar-refractivity contribution in [3.05, 3.63) is 51.6 Å². The van der Waals surface area contributed by atoms with E-state index >= 15 is 0 Å². The van der Waals surface area contributed by atoms with Crippen molar-refractivity contribution in [1.82, 2.24) is 15.2 Å². The first kappa shape index (κ1) is 18.3. The molecule has 8 heteroatoms. The number of hydrogen-bond donors (Lipinski definition) is 1. The highest BCUT2D eigenvalue weighted by atomic mass is 79.9. The summed E-state index contributed by atoms with van der Waals surface area (Å²) >= 11 is 4.33. The summed E-state index contributed by atoms with van der Waals surface area (Å²) in [5, 5.41) is 18.4. The van der Waals surface area contributed by atoms with Crippen LogP contribution in [0.2, 0.25) is 0 Å². The highest BCUT2D eigenvalue weighted by molar-refractivity contribution is 9.10.